The molecule has 0 aliphatic heterocycles. The molecule has 0 radical (unpaired) electrons. The molecule has 5 nitrogen and oxygen atoms in total. The molecule has 0 unspecified atom stereocenters. The van der Waals surface area contributed by atoms with Gasteiger partial charge in [-0.2, -0.15) is 0 Å². The molecule has 1 aromatic carbocycles. The second kappa shape index (κ2) is 3.00. The van der Waals surface area contributed by atoms with E-state index >= 15 is 0 Å². The van der Waals surface area contributed by atoms with Crippen molar-refractivity contribution in [3.63, 3.8) is 0 Å². The fourth-order valence-corrected chi connectivity index (χ4v) is 0.746. The lowest BCUT2D eigenvalue weighted by molar-refractivity contribution is -0.385. The van der Waals surface area contributed by atoms with E-state index in [1.54, 1.807) is 0 Å². The molecule has 0 fully saturated rings. The lowest BCUT2D eigenvalue weighted by Crippen LogP contribution is -2.22. The van der Waals surface area contributed by atoms with Crippen LogP contribution in [0.15, 0.2) is 24.3 Å². The van der Waals surface area contributed by atoms with Gasteiger partial charge in [0.2, 0.25) is 0 Å². The first-order chi connectivity index (χ1) is 5.61. The van der Waals surface area contributed by atoms with Gasteiger partial charge in [-0.25, -0.2) is 0 Å². The van der Waals surface area contributed by atoms with Gasteiger partial charge in [-0.1, -0.05) is 12.1 Å². The molecule has 12 heavy (non-hydrogen) atoms. The minimum absolute atomic E-state index is 0.191. The number of benzene rings is 1. The molecule has 0 aromatic heterocycles. The van der Waals surface area contributed by atoms with Crippen molar-refractivity contribution < 1.29 is 14.8 Å². The number of nitro benzene ring substituents is 1. The highest BCUT2D eigenvalue weighted by Gasteiger charge is 2.04. The van der Waals surface area contributed by atoms with Crippen LogP contribution < -0.4 is 5.11 Å². The summed E-state index contributed by atoms with van der Waals surface area (Å²) in [6.45, 7) is 0. The molecule has 0 atom stereocenters. The van der Waals surface area contributed by atoms with E-state index in [1.807, 2.05) is 0 Å². The largest absolute Gasteiger partial charge is 0.545 e. The Balaban J connectivity index is 3.12. The molecule has 1 aromatic rings. The van der Waals surface area contributed by atoms with E-state index in [1.165, 1.54) is 18.2 Å². The average molecular weight is 166 g/mol. The topological polar surface area (TPSA) is 83.3 Å². The van der Waals surface area contributed by atoms with E-state index in [0.29, 0.717) is 0 Å². The zero-order valence-electron chi connectivity index (χ0n) is 5.89. The second-order valence-corrected chi connectivity index (χ2v) is 2.09. The predicted octanol–water partition coefficient (Wildman–Crippen LogP) is -0.0417. The number of non-ortho nitro benzene ring substituents is 1. The summed E-state index contributed by atoms with van der Waals surface area (Å²) in [5, 5.41) is 20.4. The Morgan fingerprint density at radius 3 is 2.58 bits per heavy atom. The normalized spacial score (nSPS) is 9.33. The maximum Gasteiger partial charge on any atom is 0.270 e. The first kappa shape index (κ1) is 8.19. The standard InChI is InChI=1S/C7H5NO4/c9-7(10)5-2-1-3-6(4-5)8(11)12/h1-4H,(H,9,10)/p-1. The number of aromatic carboxylic acids is 1. The number of hydrogen-bond acceptors (Lipinski definition) is 4. The Morgan fingerprint density at radius 2 is 2.08 bits per heavy atom. The molecule has 5 heteroatoms. The van der Waals surface area contributed by atoms with Gasteiger partial charge in [-0.15, -0.1) is 0 Å². The quantitative estimate of drug-likeness (QED) is 0.455. The van der Waals surface area contributed by atoms with Crippen molar-refractivity contribution in [2.75, 3.05) is 0 Å². The molecule has 0 N–H and O–H groups in total. The summed E-state index contributed by atoms with van der Waals surface area (Å²) in [5.41, 5.74) is -0.444. The third-order valence-corrected chi connectivity index (χ3v) is 1.29. The Bertz CT molecular complexity index is 305. The predicted molar refractivity (Wildman–Crippen MR) is 37.4 cm³/mol. The van der Waals surface area contributed by atoms with E-state index in [9.17, 15) is 20.0 Å². The maximum absolute atomic E-state index is 10.2. The SMILES string of the molecule is O=C([O-])c1cccc([N+](=O)[O-])c1. The highest BCUT2D eigenvalue weighted by molar-refractivity contribution is 5.86. The molecule has 0 aliphatic rings. The van der Waals surface area contributed by atoms with Crippen molar-refractivity contribution in [3.05, 3.63) is 39.9 Å². The van der Waals surface area contributed by atoms with Crippen LogP contribution in [0.2, 0.25) is 0 Å². The van der Waals surface area contributed by atoms with Gasteiger partial charge in [0.1, 0.15) is 0 Å². The molecule has 0 spiro atoms. The minimum atomic E-state index is -1.42. The third-order valence-electron chi connectivity index (χ3n) is 1.29. The number of hydrogen-bond donors (Lipinski definition) is 0. The first-order valence-corrected chi connectivity index (χ1v) is 3.07. The summed E-state index contributed by atoms with van der Waals surface area (Å²) < 4.78 is 0. The van der Waals surface area contributed by atoms with E-state index < -0.39 is 10.9 Å². The molecule has 0 bridgehead atoms. The summed E-state index contributed by atoms with van der Waals surface area (Å²) >= 11 is 0. The van der Waals surface area contributed by atoms with Gasteiger partial charge in [0.15, 0.2) is 0 Å². The van der Waals surface area contributed by atoms with E-state index in [-0.39, 0.29) is 11.3 Å². The Kier molecular flexibility index (Phi) is 2.05. The molecular formula is C7H4NO4-. The van der Waals surface area contributed by atoms with Crippen molar-refractivity contribution in [1.29, 1.82) is 0 Å². The van der Waals surface area contributed by atoms with E-state index in [4.69, 9.17) is 0 Å². The van der Waals surface area contributed by atoms with Crippen molar-refractivity contribution in [1.82, 2.24) is 0 Å². The van der Waals surface area contributed by atoms with Crippen LogP contribution in [-0.2, 0) is 0 Å². The van der Waals surface area contributed by atoms with Gasteiger partial charge >= 0.3 is 0 Å². The molecule has 1 rings (SSSR count). The summed E-state index contributed by atoms with van der Waals surface area (Å²) in [7, 11) is 0. The number of nitro groups is 1. The number of carboxylic acids is 1. The lowest BCUT2D eigenvalue weighted by Gasteiger charge is -1.99. The van der Waals surface area contributed by atoms with Crippen LogP contribution in [0.3, 0.4) is 0 Å². The molecular weight excluding hydrogens is 162 g/mol. The molecule has 0 aliphatic carbocycles. The minimum Gasteiger partial charge on any atom is -0.545 e. The number of nitrogens with zero attached hydrogens (tertiary/aromatic N) is 1. The monoisotopic (exact) mass is 166 g/mol. The van der Waals surface area contributed by atoms with Crippen LogP contribution in [0, 0.1) is 10.1 Å². The molecule has 0 amide bonds. The van der Waals surface area contributed by atoms with Gasteiger partial charge in [-0.3, -0.25) is 10.1 Å². The van der Waals surface area contributed by atoms with Crippen LogP contribution in [0.4, 0.5) is 5.69 Å². The van der Waals surface area contributed by atoms with Gasteiger partial charge < -0.3 is 9.90 Å². The van der Waals surface area contributed by atoms with Crippen LogP contribution >= 0.6 is 0 Å². The van der Waals surface area contributed by atoms with Crippen LogP contribution in [0.5, 0.6) is 0 Å². The van der Waals surface area contributed by atoms with Crippen LogP contribution in [0.25, 0.3) is 0 Å². The third kappa shape index (κ3) is 1.57. The zero-order valence-corrected chi connectivity index (χ0v) is 5.89. The summed E-state index contributed by atoms with van der Waals surface area (Å²) in [6.07, 6.45) is 0. The fraction of sp³-hybridized carbons (Fsp3) is 0. The molecule has 0 saturated carbocycles. The number of carboxylic acid groups (broad SMARTS) is 1. The van der Waals surface area contributed by atoms with E-state index in [2.05, 4.69) is 0 Å². The van der Waals surface area contributed by atoms with Gasteiger partial charge in [0.05, 0.1) is 10.9 Å². The molecule has 62 valence electrons. The average Bonchev–Trinajstić information content (AvgIpc) is 2.04. The summed E-state index contributed by atoms with van der Waals surface area (Å²) in [4.78, 5) is 19.7. The Morgan fingerprint density at radius 1 is 1.42 bits per heavy atom. The van der Waals surface area contributed by atoms with Crippen LogP contribution in [0.1, 0.15) is 10.4 Å². The number of carbonyl (C=O) groups is 1. The summed E-state index contributed by atoms with van der Waals surface area (Å²) in [5.74, 6) is -1.42. The van der Waals surface area contributed by atoms with Crippen molar-refractivity contribution in [2.45, 2.75) is 0 Å². The van der Waals surface area contributed by atoms with Gasteiger partial charge in [-0.05, 0) is 0 Å². The number of rotatable bonds is 2. The van der Waals surface area contributed by atoms with Gasteiger partial charge in [0, 0.05) is 17.7 Å². The fourth-order valence-electron chi connectivity index (χ4n) is 0.746. The van der Waals surface area contributed by atoms with Gasteiger partial charge in [0.25, 0.3) is 5.69 Å². The zero-order chi connectivity index (χ0) is 9.14. The van der Waals surface area contributed by atoms with Crippen LogP contribution in [-0.4, -0.2) is 10.9 Å². The van der Waals surface area contributed by atoms with Crippen molar-refractivity contribution in [2.24, 2.45) is 0 Å². The smallest absolute Gasteiger partial charge is 0.270 e. The van der Waals surface area contributed by atoms with Crippen molar-refractivity contribution >= 4 is 11.7 Å². The Hall–Kier alpha value is -1.91. The lowest BCUT2D eigenvalue weighted by atomic mass is 10.2. The molecule has 0 heterocycles. The first-order valence-electron chi connectivity index (χ1n) is 3.07. The summed E-state index contributed by atoms with van der Waals surface area (Å²) in [6, 6.07) is 4.70. The maximum atomic E-state index is 10.2. The highest BCUT2D eigenvalue weighted by Crippen LogP contribution is 2.11. The van der Waals surface area contributed by atoms with Crippen molar-refractivity contribution in [3.8, 4) is 0 Å². The highest BCUT2D eigenvalue weighted by atomic mass is 16.6. The number of carbonyl (C=O) groups excluding carboxylic acids is 1. The Labute approximate surface area is 67.4 Å². The van der Waals surface area contributed by atoms with E-state index in [0.717, 1.165) is 6.07 Å². The molecule has 0 saturated heterocycles. The second-order valence-electron chi connectivity index (χ2n) is 2.09.